The van der Waals surface area contributed by atoms with Crippen LogP contribution in [-0.4, -0.2) is 18.9 Å². The summed E-state index contributed by atoms with van der Waals surface area (Å²) < 4.78 is 27.1. The predicted molar refractivity (Wildman–Crippen MR) is 73.0 cm³/mol. The van der Waals surface area contributed by atoms with Gasteiger partial charge in [0.15, 0.2) is 5.71 Å². The van der Waals surface area contributed by atoms with Crippen molar-refractivity contribution >= 4 is 13.5 Å². The summed E-state index contributed by atoms with van der Waals surface area (Å²) in [6.45, 7) is 4.33. The zero-order valence-electron chi connectivity index (χ0n) is 11.3. The molecule has 0 aromatic heterocycles. The first-order valence-corrected chi connectivity index (χ1v) is 7.52. The van der Waals surface area contributed by atoms with Gasteiger partial charge in [-0.3, -0.25) is 13.7 Å². The van der Waals surface area contributed by atoms with Crippen LogP contribution in [0.3, 0.4) is 0 Å². The second-order valence-electron chi connectivity index (χ2n) is 5.16. The molecule has 20 heavy (non-hydrogen) atoms. The van der Waals surface area contributed by atoms with Crippen LogP contribution < -0.4 is 0 Å². The molecule has 1 aliphatic rings. The lowest BCUT2D eigenvalue weighted by atomic mass is 9.97. The van der Waals surface area contributed by atoms with Crippen LogP contribution in [0.5, 0.6) is 0 Å². The molecule has 0 N–H and O–H groups in total. The Kier molecular flexibility index (Phi) is 4.24. The van der Waals surface area contributed by atoms with Crippen LogP contribution in [0.25, 0.3) is 0 Å². The Morgan fingerprint density at radius 2 is 1.95 bits per heavy atom. The van der Waals surface area contributed by atoms with E-state index in [2.05, 4.69) is 5.16 Å². The third-order valence-corrected chi connectivity index (χ3v) is 3.78. The summed E-state index contributed by atoms with van der Waals surface area (Å²) in [4.78, 5) is 0. The summed E-state index contributed by atoms with van der Waals surface area (Å²) in [5.41, 5.74) is 0.357. The van der Waals surface area contributed by atoms with Crippen LogP contribution >= 0.6 is 7.82 Å². The number of benzene rings is 1. The van der Waals surface area contributed by atoms with Gasteiger partial charge in [0.25, 0.3) is 0 Å². The number of rotatable bonds is 3. The third-order valence-electron chi connectivity index (χ3n) is 2.61. The standard InChI is InChI=1S/C13H15N2O4P/c1-13(2)9-17-20(16,18-10-13)19-15-12(8-14)11-6-4-3-5-7-11/h3-7H,9-10H2,1-2H3/b15-12+. The van der Waals surface area contributed by atoms with Crippen molar-refractivity contribution in [3.05, 3.63) is 35.9 Å². The fourth-order valence-corrected chi connectivity index (χ4v) is 2.82. The van der Waals surface area contributed by atoms with E-state index in [9.17, 15) is 4.57 Å². The highest BCUT2D eigenvalue weighted by Crippen LogP contribution is 2.54. The maximum atomic E-state index is 12.1. The Morgan fingerprint density at radius 3 is 2.50 bits per heavy atom. The average molecular weight is 294 g/mol. The molecule has 1 aliphatic heterocycles. The van der Waals surface area contributed by atoms with Crippen LogP contribution in [-0.2, 0) is 18.2 Å². The number of phosphoric ester groups is 1. The summed E-state index contributed by atoms with van der Waals surface area (Å²) in [6.07, 6.45) is 0. The highest BCUT2D eigenvalue weighted by molar-refractivity contribution is 7.48. The number of nitrogens with zero attached hydrogens (tertiary/aromatic N) is 2. The molecule has 7 heteroatoms. The molecule has 0 amide bonds. The summed E-state index contributed by atoms with van der Waals surface area (Å²) in [5, 5.41) is 12.6. The highest BCUT2D eigenvalue weighted by Gasteiger charge is 2.39. The van der Waals surface area contributed by atoms with E-state index in [-0.39, 0.29) is 24.3 Å². The van der Waals surface area contributed by atoms with Crippen molar-refractivity contribution in [1.82, 2.24) is 0 Å². The van der Waals surface area contributed by atoms with Crippen molar-refractivity contribution in [2.45, 2.75) is 13.8 Å². The van der Waals surface area contributed by atoms with Crippen LogP contribution in [0.1, 0.15) is 19.4 Å². The second-order valence-corrected chi connectivity index (χ2v) is 6.73. The van der Waals surface area contributed by atoms with Crippen molar-refractivity contribution in [2.75, 3.05) is 13.2 Å². The first-order chi connectivity index (χ1) is 9.44. The first kappa shape index (κ1) is 14.7. The summed E-state index contributed by atoms with van der Waals surface area (Å²) >= 11 is 0. The number of hydrogen-bond donors (Lipinski definition) is 0. The number of nitriles is 1. The lowest BCUT2D eigenvalue weighted by Gasteiger charge is -2.31. The van der Waals surface area contributed by atoms with Crippen molar-refractivity contribution in [3.8, 4) is 6.07 Å². The van der Waals surface area contributed by atoms with E-state index in [1.807, 2.05) is 26.0 Å². The van der Waals surface area contributed by atoms with E-state index < -0.39 is 7.82 Å². The minimum Gasteiger partial charge on any atom is -0.291 e. The van der Waals surface area contributed by atoms with Crippen molar-refractivity contribution < 1.29 is 18.2 Å². The van der Waals surface area contributed by atoms with Crippen molar-refractivity contribution in [3.63, 3.8) is 0 Å². The topological polar surface area (TPSA) is 80.9 Å². The summed E-state index contributed by atoms with van der Waals surface area (Å²) in [7, 11) is -3.72. The molecule has 0 aliphatic carbocycles. The van der Waals surface area contributed by atoms with Crippen LogP contribution in [0.2, 0.25) is 0 Å². The van der Waals surface area contributed by atoms with Gasteiger partial charge < -0.3 is 0 Å². The van der Waals surface area contributed by atoms with Gasteiger partial charge in [0.2, 0.25) is 0 Å². The first-order valence-electron chi connectivity index (χ1n) is 6.06. The second kappa shape index (κ2) is 5.76. The Balaban J connectivity index is 2.09. The SMILES string of the molecule is CC1(C)COP(=O)(O/N=C(\C#N)c2ccccc2)OC1. The molecular formula is C13H15N2O4P. The van der Waals surface area contributed by atoms with Gasteiger partial charge in [-0.05, 0) is 0 Å². The molecule has 1 heterocycles. The molecule has 0 saturated carbocycles. The van der Waals surface area contributed by atoms with Gasteiger partial charge in [-0.2, -0.15) is 5.26 Å². The van der Waals surface area contributed by atoms with E-state index >= 15 is 0 Å². The highest BCUT2D eigenvalue weighted by atomic mass is 31.2. The van der Waals surface area contributed by atoms with E-state index in [0.717, 1.165) is 0 Å². The van der Waals surface area contributed by atoms with Crippen LogP contribution in [0, 0.1) is 16.7 Å². The van der Waals surface area contributed by atoms with Gasteiger partial charge in [0, 0.05) is 11.0 Å². The zero-order valence-corrected chi connectivity index (χ0v) is 12.2. The summed E-state index contributed by atoms with van der Waals surface area (Å²) in [5.74, 6) is 0. The van der Waals surface area contributed by atoms with Gasteiger partial charge in [-0.25, -0.2) is 4.57 Å². The molecule has 6 nitrogen and oxygen atoms in total. The number of oxime groups is 1. The Labute approximate surface area is 117 Å². The molecule has 0 radical (unpaired) electrons. The van der Waals surface area contributed by atoms with Gasteiger partial charge in [0.1, 0.15) is 6.07 Å². The average Bonchev–Trinajstić information content (AvgIpc) is 2.45. The maximum absolute atomic E-state index is 12.1. The Bertz CT molecular complexity index is 578. The Hall–Kier alpha value is -1.67. The van der Waals surface area contributed by atoms with Gasteiger partial charge >= 0.3 is 7.82 Å². The molecule has 0 bridgehead atoms. The number of hydrogen-bond acceptors (Lipinski definition) is 6. The molecule has 0 atom stereocenters. The normalized spacial score (nSPS) is 20.9. The maximum Gasteiger partial charge on any atom is 0.550 e. The van der Waals surface area contributed by atoms with E-state index in [1.54, 1.807) is 24.3 Å². The molecule has 1 aromatic rings. The lowest BCUT2D eigenvalue weighted by Crippen LogP contribution is -2.29. The van der Waals surface area contributed by atoms with Crippen molar-refractivity contribution in [2.24, 2.45) is 10.6 Å². The third kappa shape index (κ3) is 3.67. The van der Waals surface area contributed by atoms with Crippen LogP contribution in [0.15, 0.2) is 35.5 Å². The molecule has 1 aromatic carbocycles. The fourth-order valence-electron chi connectivity index (χ4n) is 1.46. The molecular weight excluding hydrogens is 279 g/mol. The van der Waals surface area contributed by atoms with E-state index in [0.29, 0.717) is 5.56 Å². The van der Waals surface area contributed by atoms with Gasteiger partial charge in [-0.15, -0.1) is 0 Å². The molecule has 2 rings (SSSR count). The lowest BCUT2D eigenvalue weighted by molar-refractivity contribution is 0.00205. The zero-order chi connectivity index (χ0) is 14.6. The monoisotopic (exact) mass is 294 g/mol. The van der Waals surface area contributed by atoms with Gasteiger partial charge in [-0.1, -0.05) is 49.3 Å². The smallest absolute Gasteiger partial charge is 0.291 e. The van der Waals surface area contributed by atoms with Crippen LogP contribution in [0.4, 0.5) is 0 Å². The van der Waals surface area contributed by atoms with Gasteiger partial charge in [0.05, 0.1) is 13.2 Å². The van der Waals surface area contributed by atoms with E-state index in [4.69, 9.17) is 18.9 Å². The number of phosphoric acid groups is 1. The van der Waals surface area contributed by atoms with E-state index in [1.165, 1.54) is 0 Å². The fraction of sp³-hybridized carbons (Fsp3) is 0.385. The quantitative estimate of drug-likeness (QED) is 0.486. The Morgan fingerprint density at radius 1 is 1.35 bits per heavy atom. The van der Waals surface area contributed by atoms with Crippen molar-refractivity contribution in [1.29, 1.82) is 5.26 Å². The largest absolute Gasteiger partial charge is 0.550 e. The molecule has 0 spiro atoms. The predicted octanol–water partition coefficient (Wildman–Crippen LogP) is 3.11. The molecule has 106 valence electrons. The minimum atomic E-state index is -3.72. The molecule has 1 fully saturated rings. The minimum absolute atomic E-state index is 0.0119. The summed E-state index contributed by atoms with van der Waals surface area (Å²) in [6, 6.07) is 10.6. The molecule has 0 unspecified atom stereocenters. The molecule has 1 saturated heterocycles.